The Morgan fingerprint density at radius 2 is 1.72 bits per heavy atom. The van der Waals surface area contributed by atoms with Gasteiger partial charge in [-0.1, -0.05) is 0 Å². The summed E-state index contributed by atoms with van der Waals surface area (Å²) < 4.78 is 11.0. The molecule has 4 nitrogen and oxygen atoms in total. The molecule has 3 rings (SSSR count). The third kappa shape index (κ3) is 2.20. The number of hydrogen-bond donors (Lipinski definition) is 1. The van der Waals surface area contributed by atoms with E-state index in [0.29, 0.717) is 19.0 Å². The zero-order valence-corrected chi connectivity index (χ0v) is 10.4. The lowest BCUT2D eigenvalue weighted by Gasteiger charge is -2.22. The maximum atomic E-state index is 12.4. The molecule has 1 fully saturated rings. The van der Waals surface area contributed by atoms with Gasteiger partial charge in [-0.05, 0) is 31.4 Å². The van der Waals surface area contributed by atoms with E-state index in [4.69, 9.17) is 9.47 Å². The molecule has 2 aliphatic heterocycles. The number of ether oxygens (including phenoxy) is 2. The molecule has 0 aromatic heterocycles. The van der Waals surface area contributed by atoms with Crippen LogP contribution in [0.5, 0.6) is 11.5 Å². The molecule has 1 aromatic carbocycles. The second kappa shape index (κ2) is 4.98. The van der Waals surface area contributed by atoms with Crippen LogP contribution in [0.4, 0.5) is 0 Å². The molecule has 0 spiro atoms. The highest BCUT2D eigenvalue weighted by molar-refractivity contribution is 5.88. The number of piperidine rings is 1. The van der Waals surface area contributed by atoms with Gasteiger partial charge in [0.05, 0.1) is 18.7 Å². The summed E-state index contributed by atoms with van der Waals surface area (Å²) in [6, 6.07) is 5.50. The predicted molar refractivity (Wildman–Crippen MR) is 66.3 cm³/mol. The third-order valence-electron chi connectivity index (χ3n) is 3.58. The first-order valence-electron chi connectivity index (χ1n) is 6.63. The Balaban J connectivity index is 1.80. The second-order valence-corrected chi connectivity index (χ2v) is 4.85. The fraction of sp³-hybridized carbons (Fsp3) is 0.500. The van der Waals surface area contributed by atoms with Crippen LogP contribution in [-0.4, -0.2) is 32.2 Å². The highest BCUT2D eigenvalue weighted by Crippen LogP contribution is 2.30. The van der Waals surface area contributed by atoms with Crippen molar-refractivity contribution in [1.29, 1.82) is 0 Å². The summed E-state index contributed by atoms with van der Waals surface area (Å²) in [4.78, 5) is 13.4. The van der Waals surface area contributed by atoms with E-state index in [2.05, 4.69) is 0 Å². The molecule has 0 aliphatic carbocycles. The van der Waals surface area contributed by atoms with Crippen LogP contribution in [0.15, 0.2) is 18.2 Å². The van der Waals surface area contributed by atoms with Crippen molar-refractivity contribution in [2.24, 2.45) is 0 Å². The van der Waals surface area contributed by atoms with Gasteiger partial charge in [-0.25, -0.2) is 4.79 Å². The normalized spacial score (nSPS) is 19.6. The van der Waals surface area contributed by atoms with Gasteiger partial charge >= 0.3 is 5.91 Å². The molecule has 96 valence electrons. The van der Waals surface area contributed by atoms with Crippen LogP contribution < -0.4 is 14.4 Å². The lowest BCUT2D eigenvalue weighted by molar-refractivity contribution is -0.819. The SMILES string of the molecule is O=C(c1ccc2c(c1)OCCO2)[NH+]1CCCCC1. The van der Waals surface area contributed by atoms with E-state index in [1.54, 1.807) is 0 Å². The number of likely N-dealkylation sites (tertiary alicyclic amines) is 1. The van der Waals surface area contributed by atoms with E-state index in [1.807, 2.05) is 18.2 Å². The van der Waals surface area contributed by atoms with Crippen molar-refractivity contribution in [3.05, 3.63) is 23.8 Å². The molecule has 1 amide bonds. The molecule has 1 N–H and O–H groups in total. The second-order valence-electron chi connectivity index (χ2n) is 4.85. The number of rotatable bonds is 1. The lowest BCUT2D eigenvalue weighted by atomic mass is 10.1. The lowest BCUT2D eigenvalue weighted by Crippen LogP contribution is -3.15. The molecule has 1 aromatic rings. The number of carbonyl (C=O) groups excluding carboxylic acids is 1. The van der Waals surface area contributed by atoms with Gasteiger partial charge in [-0.3, -0.25) is 4.90 Å². The molecule has 4 heteroatoms. The summed E-state index contributed by atoms with van der Waals surface area (Å²) in [6.07, 6.45) is 3.54. The minimum atomic E-state index is 0.187. The Kier molecular flexibility index (Phi) is 3.19. The summed E-state index contributed by atoms with van der Waals surface area (Å²) >= 11 is 0. The molecule has 2 heterocycles. The van der Waals surface area contributed by atoms with Gasteiger partial charge < -0.3 is 9.47 Å². The number of benzene rings is 1. The van der Waals surface area contributed by atoms with E-state index in [0.717, 1.165) is 42.1 Å². The third-order valence-corrected chi connectivity index (χ3v) is 3.58. The summed E-state index contributed by atoms with van der Waals surface area (Å²) in [5.41, 5.74) is 0.733. The van der Waals surface area contributed by atoms with Crippen LogP contribution in [-0.2, 0) is 0 Å². The summed E-state index contributed by atoms with van der Waals surface area (Å²) in [5.74, 6) is 1.63. The topological polar surface area (TPSA) is 40.0 Å². The van der Waals surface area contributed by atoms with Gasteiger partial charge in [0, 0.05) is 6.07 Å². The van der Waals surface area contributed by atoms with Crippen molar-refractivity contribution >= 4 is 5.91 Å². The maximum absolute atomic E-state index is 12.4. The quantitative estimate of drug-likeness (QED) is 0.794. The molecule has 0 radical (unpaired) electrons. The summed E-state index contributed by atoms with van der Waals surface area (Å²) in [5, 5.41) is 0. The molecule has 0 bridgehead atoms. The van der Waals surface area contributed by atoms with E-state index in [9.17, 15) is 4.79 Å². The fourth-order valence-electron chi connectivity index (χ4n) is 2.59. The van der Waals surface area contributed by atoms with E-state index in [1.165, 1.54) is 6.42 Å². The number of amides is 1. The molecular formula is C14H18NO3+. The molecule has 0 unspecified atom stereocenters. The Labute approximate surface area is 106 Å². The first-order valence-corrected chi connectivity index (χ1v) is 6.63. The molecule has 1 saturated heterocycles. The van der Waals surface area contributed by atoms with Gasteiger partial charge in [0.2, 0.25) is 0 Å². The van der Waals surface area contributed by atoms with Crippen molar-refractivity contribution in [1.82, 2.24) is 0 Å². The smallest absolute Gasteiger partial charge is 0.344 e. The molecule has 0 saturated carbocycles. The van der Waals surface area contributed by atoms with Crippen LogP contribution in [0.1, 0.15) is 29.6 Å². The highest BCUT2D eigenvalue weighted by Gasteiger charge is 2.25. The highest BCUT2D eigenvalue weighted by atomic mass is 16.6. The van der Waals surface area contributed by atoms with Crippen LogP contribution in [0, 0.1) is 0 Å². The number of carbonyl (C=O) groups is 1. The van der Waals surface area contributed by atoms with Crippen molar-refractivity contribution in [2.75, 3.05) is 26.3 Å². The Morgan fingerprint density at radius 3 is 2.50 bits per heavy atom. The fourth-order valence-corrected chi connectivity index (χ4v) is 2.59. The van der Waals surface area contributed by atoms with Crippen molar-refractivity contribution < 1.29 is 19.2 Å². The number of quaternary nitrogens is 1. The molecule has 18 heavy (non-hydrogen) atoms. The number of fused-ring (bicyclic) bond motifs is 1. The van der Waals surface area contributed by atoms with E-state index >= 15 is 0 Å². The van der Waals surface area contributed by atoms with E-state index in [-0.39, 0.29) is 5.91 Å². The number of hydrogen-bond acceptors (Lipinski definition) is 3. The first-order chi connectivity index (χ1) is 8.84. The van der Waals surface area contributed by atoms with Gasteiger partial charge in [0.15, 0.2) is 11.5 Å². The van der Waals surface area contributed by atoms with Gasteiger partial charge in [0.1, 0.15) is 13.2 Å². The van der Waals surface area contributed by atoms with Gasteiger partial charge in [0.25, 0.3) is 0 Å². The van der Waals surface area contributed by atoms with Crippen LogP contribution in [0.2, 0.25) is 0 Å². The van der Waals surface area contributed by atoms with Crippen molar-refractivity contribution in [2.45, 2.75) is 19.3 Å². The Hall–Kier alpha value is -1.55. The van der Waals surface area contributed by atoms with Gasteiger partial charge in [-0.15, -0.1) is 0 Å². The van der Waals surface area contributed by atoms with Crippen LogP contribution in [0.3, 0.4) is 0 Å². The largest absolute Gasteiger partial charge is 0.486 e. The maximum Gasteiger partial charge on any atom is 0.344 e. The van der Waals surface area contributed by atoms with Crippen molar-refractivity contribution in [3.8, 4) is 11.5 Å². The minimum Gasteiger partial charge on any atom is -0.486 e. The average molecular weight is 248 g/mol. The molecule has 0 atom stereocenters. The average Bonchev–Trinajstić information content (AvgIpc) is 2.47. The Morgan fingerprint density at radius 1 is 1.00 bits per heavy atom. The summed E-state index contributed by atoms with van der Waals surface area (Å²) in [7, 11) is 0. The van der Waals surface area contributed by atoms with Crippen LogP contribution in [0.25, 0.3) is 0 Å². The molecular weight excluding hydrogens is 230 g/mol. The number of nitrogens with one attached hydrogen (secondary N) is 1. The summed E-state index contributed by atoms with van der Waals surface area (Å²) in [6.45, 7) is 3.04. The van der Waals surface area contributed by atoms with Crippen LogP contribution >= 0.6 is 0 Å². The first kappa shape index (κ1) is 11.5. The van der Waals surface area contributed by atoms with Crippen molar-refractivity contribution in [3.63, 3.8) is 0 Å². The predicted octanol–water partition coefficient (Wildman–Crippen LogP) is 0.667. The minimum absolute atomic E-state index is 0.187. The van der Waals surface area contributed by atoms with Gasteiger partial charge in [-0.2, -0.15) is 0 Å². The van der Waals surface area contributed by atoms with E-state index < -0.39 is 0 Å². The Bertz CT molecular complexity index is 452. The standard InChI is InChI=1S/C14H17NO3/c16-14(15-6-2-1-3-7-15)11-4-5-12-13(10-11)18-9-8-17-12/h4-5,10H,1-3,6-9H2/p+1. The molecule has 2 aliphatic rings. The zero-order valence-electron chi connectivity index (χ0n) is 10.4. The monoisotopic (exact) mass is 248 g/mol. The zero-order chi connectivity index (χ0) is 12.4.